The number of rotatable bonds is 2. The first-order valence-corrected chi connectivity index (χ1v) is 4.65. The summed E-state index contributed by atoms with van der Waals surface area (Å²) in [6, 6.07) is 0. The van der Waals surface area contributed by atoms with Gasteiger partial charge in [-0.1, -0.05) is 0 Å². The summed E-state index contributed by atoms with van der Waals surface area (Å²) in [4.78, 5) is 10.9. The molecule has 2 fully saturated rings. The van der Waals surface area contributed by atoms with Crippen LogP contribution in [0.2, 0.25) is 0 Å². The minimum atomic E-state index is -0.539. The topological polar surface area (TPSA) is 44.8 Å². The van der Waals surface area contributed by atoms with E-state index < -0.39 is 6.16 Å². The Morgan fingerprint density at radius 3 is 2.69 bits per heavy atom. The fourth-order valence-electron chi connectivity index (χ4n) is 1.90. The minimum Gasteiger partial charge on any atom is -0.435 e. The maximum atomic E-state index is 10.9. The van der Waals surface area contributed by atoms with E-state index in [0.29, 0.717) is 12.0 Å². The van der Waals surface area contributed by atoms with Gasteiger partial charge in [-0.05, 0) is 19.8 Å². The van der Waals surface area contributed by atoms with Crippen LogP contribution in [0.25, 0.3) is 0 Å². The molecule has 1 saturated heterocycles. The molecule has 0 aromatic rings. The van der Waals surface area contributed by atoms with Gasteiger partial charge in [0.2, 0.25) is 0 Å². The van der Waals surface area contributed by atoms with E-state index in [9.17, 15) is 4.79 Å². The van der Waals surface area contributed by atoms with E-state index in [2.05, 4.69) is 4.74 Å². The van der Waals surface area contributed by atoms with Crippen molar-refractivity contribution in [2.24, 2.45) is 5.41 Å². The van der Waals surface area contributed by atoms with Gasteiger partial charge < -0.3 is 14.2 Å². The molecule has 74 valence electrons. The average Bonchev–Trinajstić information content (AvgIpc) is 1.92. The number of ether oxygens (including phenoxy) is 3. The molecule has 4 heteroatoms. The van der Waals surface area contributed by atoms with Crippen LogP contribution in [-0.4, -0.2) is 32.1 Å². The van der Waals surface area contributed by atoms with Gasteiger partial charge in [0, 0.05) is 5.41 Å². The minimum absolute atomic E-state index is 0.0583. The second-order valence-corrected chi connectivity index (χ2v) is 3.82. The zero-order valence-electron chi connectivity index (χ0n) is 7.75. The molecule has 0 unspecified atom stereocenters. The van der Waals surface area contributed by atoms with E-state index in [1.165, 1.54) is 0 Å². The summed E-state index contributed by atoms with van der Waals surface area (Å²) in [5, 5.41) is 0. The molecular formula is C9H14O4. The molecule has 0 amide bonds. The molecule has 4 nitrogen and oxygen atoms in total. The van der Waals surface area contributed by atoms with E-state index in [1.54, 1.807) is 6.92 Å². The Morgan fingerprint density at radius 2 is 2.23 bits per heavy atom. The Labute approximate surface area is 77.1 Å². The molecule has 1 aliphatic heterocycles. The lowest BCUT2D eigenvalue weighted by atomic mass is 9.65. The lowest BCUT2D eigenvalue weighted by Gasteiger charge is -2.52. The van der Waals surface area contributed by atoms with Crippen LogP contribution in [0, 0.1) is 5.41 Å². The molecule has 1 aliphatic carbocycles. The van der Waals surface area contributed by atoms with Crippen molar-refractivity contribution >= 4 is 6.16 Å². The van der Waals surface area contributed by atoms with Gasteiger partial charge in [-0.2, -0.15) is 0 Å². The normalized spacial score (nSPS) is 24.7. The van der Waals surface area contributed by atoms with Gasteiger partial charge in [0.25, 0.3) is 0 Å². The third-order valence-electron chi connectivity index (χ3n) is 2.66. The first-order valence-electron chi connectivity index (χ1n) is 4.65. The van der Waals surface area contributed by atoms with Gasteiger partial charge in [-0.25, -0.2) is 4.79 Å². The maximum absolute atomic E-state index is 10.9. The van der Waals surface area contributed by atoms with E-state index in [4.69, 9.17) is 9.47 Å². The fraction of sp³-hybridized carbons (Fsp3) is 0.889. The highest BCUT2D eigenvalue weighted by Crippen LogP contribution is 2.48. The average molecular weight is 186 g/mol. The highest BCUT2D eigenvalue weighted by atomic mass is 16.7. The summed E-state index contributed by atoms with van der Waals surface area (Å²) >= 11 is 0. The summed E-state index contributed by atoms with van der Waals surface area (Å²) in [5.41, 5.74) is 0.344. The van der Waals surface area contributed by atoms with Crippen molar-refractivity contribution in [3.63, 3.8) is 0 Å². The summed E-state index contributed by atoms with van der Waals surface area (Å²) in [5.74, 6) is 0. The zero-order chi connectivity index (χ0) is 9.31. The SMILES string of the molecule is CCOC(=O)OC1CC2(COC2)C1. The maximum Gasteiger partial charge on any atom is 0.508 e. The quantitative estimate of drug-likeness (QED) is 0.610. The monoisotopic (exact) mass is 186 g/mol. The van der Waals surface area contributed by atoms with Gasteiger partial charge >= 0.3 is 6.16 Å². The Hall–Kier alpha value is -0.770. The van der Waals surface area contributed by atoms with E-state index in [1.807, 2.05) is 0 Å². The third kappa shape index (κ3) is 1.63. The Bertz CT molecular complexity index is 202. The van der Waals surface area contributed by atoms with E-state index in [0.717, 1.165) is 26.1 Å². The number of carbonyl (C=O) groups is 1. The van der Waals surface area contributed by atoms with Crippen molar-refractivity contribution in [2.45, 2.75) is 25.9 Å². The lowest BCUT2D eigenvalue weighted by Crippen LogP contribution is -2.55. The van der Waals surface area contributed by atoms with Crippen LogP contribution in [0.3, 0.4) is 0 Å². The molecule has 0 atom stereocenters. The van der Waals surface area contributed by atoms with Crippen LogP contribution in [0.5, 0.6) is 0 Å². The van der Waals surface area contributed by atoms with Crippen molar-refractivity contribution in [1.29, 1.82) is 0 Å². The molecule has 2 rings (SSSR count). The molecule has 0 N–H and O–H groups in total. The van der Waals surface area contributed by atoms with E-state index >= 15 is 0 Å². The van der Waals surface area contributed by atoms with E-state index in [-0.39, 0.29) is 6.10 Å². The van der Waals surface area contributed by atoms with Crippen molar-refractivity contribution in [2.75, 3.05) is 19.8 Å². The smallest absolute Gasteiger partial charge is 0.435 e. The third-order valence-corrected chi connectivity index (χ3v) is 2.66. The molecule has 13 heavy (non-hydrogen) atoms. The van der Waals surface area contributed by atoms with Crippen molar-refractivity contribution in [3.8, 4) is 0 Å². The van der Waals surface area contributed by atoms with Crippen LogP contribution < -0.4 is 0 Å². The van der Waals surface area contributed by atoms with Gasteiger partial charge in [0.05, 0.1) is 19.8 Å². The predicted octanol–water partition coefficient (Wildman–Crippen LogP) is 1.34. The second-order valence-electron chi connectivity index (χ2n) is 3.82. The highest BCUT2D eigenvalue weighted by Gasteiger charge is 2.51. The molecule has 1 heterocycles. The van der Waals surface area contributed by atoms with Crippen LogP contribution >= 0.6 is 0 Å². The molecular weight excluding hydrogens is 172 g/mol. The Kier molecular flexibility index (Phi) is 2.15. The van der Waals surface area contributed by atoms with Gasteiger partial charge in [-0.15, -0.1) is 0 Å². The molecule has 2 aliphatic rings. The first kappa shape index (κ1) is 8.81. The van der Waals surface area contributed by atoms with Gasteiger partial charge in [0.15, 0.2) is 0 Å². The summed E-state index contributed by atoms with van der Waals surface area (Å²) in [7, 11) is 0. The Morgan fingerprint density at radius 1 is 1.54 bits per heavy atom. The summed E-state index contributed by atoms with van der Waals surface area (Å²) < 4.78 is 14.8. The molecule has 0 bridgehead atoms. The van der Waals surface area contributed by atoms with Crippen molar-refractivity contribution < 1.29 is 19.0 Å². The standard InChI is InChI=1S/C9H14O4/c1-2-12-8(10)13-7-3-9(4-7)5-11-6-9/h7H,2-6H2,1H3. The van der Waals surface area contributed by atoms with Crippen LogP contribution in [0.15, 0.2) is 0 Å². The molecule has 0 aromatic carbocycles. The lowest BCUT2D eigenvalue weighted by molar-refractivity contribution is -0.200. The largest absolute Gasteiger partial charge is 0.508 e. The van der Waals surface area contributed by atoms with Gasteiger partial charge in [-0.3, -0.25) is 0 Å². The molecule has 1 spiro atoms. The molecule has 0 radical (unpaired) electrons. The number of hydrogen-bond acceptors (Lipinski definition) is 4. The summed E-state index contributed by atoms with van der Waals surface area (Å²) in [6.45, 7) is 3.80. The van der Waals surface area contributed by atoms with Crippen LogP contribution in [0.1, 0.15) is 19.8 Å². The summed E-state index contributed by atoms with van der Waals surface area (Å²) in [6.07, 6.45) is 1.39. The fourth-order valence-corrected chi connectivity index (χ4v) is 1.90. The molecule has 0 aromatic heterocycles. The zero-order valence-corrected chi connectivity index (χ0v) is 7.75. The Balaban J connectivity index is 1.66. The first-order chi connectivity index (χ1) is 6.24. The van der Waals surface area contributed by atoms with Gasteiger partial charge in [0.1, 0.15) is 6.10 Å². The van der Waals surface area contributed by atoms with Crippen LogP contribution in [-0.2, 0) is 14.2 Å². The van der Waals surface area contributed by atoms with Crippen molar-refractivity contribution in [3.05, 3.63) is 0 Å². The molecule has 1 saturated carbocycles. The van der Waals surface area contributed by atoms with Crippen molar-refractivity contribution in [1.82, 2.24) is 0 Å². The second kappa shape index (κ2) is 3.18. The van der Waals surface area contributed by atoms with Crippen LogP contribution in [0.4, 0.5) is 4.79 Å². The predicted molar refractivity (Wildman–Crippen MR) is 44.4 cm³/mol. The number of hydrogen-bond donors (Lipinski definition) is 0. The highest BCUT2D eigenvalue weighted by molar-refractivity contribution is 5.60. The number of carbonyl (C=O) groups excluding carboxylic acids is 1.